The van der Waals surface area contributed by atoms with Gasteiger partial charge in [0.2, 0.25) is 0 Å². The Balaban J connectivity index is 2.55. The first-order valence-electron chi connectivity index (χ1n) is 6.29. The summed E-state index contributed by atoms with van der Waals surface area (Å²) in [6.45, 7) is 8.13. The smallest absolute Gasteiger partial charge is 0.128 e. The first-order chi connectivity index (χ1) is 8.54. The van der Waals surface area contributed by atoms with Crippen LogP contribution in [0, 0.1) is 11.7 Å². The fraction of sp³-hybridized carbons (Fsp3) is 0.571. The van der Waals surface area contributed by atoms with E-state index >= 15 is 0 Å². The van der Waals surface area contributed by atoms with Crippen molar-refractivity contribution in [1.29, 1.82) is 0 Å². The Morgan fingerprint density at radius 2 is 2.11 bits per heavy atom. The van der Waals surface area contributed by atoms with Crippen molar-refractivity contribution >= 4 is 15.9 Å². The van der Waals surface area contributed by atoms with Gasteiger partial charge < -0.3 is 10.1 Å². The van der Waals surface area contributed by atoms with Crippen LogP contribution in [0.4, 0.5) is 4.39 Å². The van der Waals surface area contributed by atoms with E-state index < -0.39 is 0 Å². The van der Waals surface area contributed by atoms with Gasteiger partial charge in [0.1, 0.15) is 5.82 Å². The molecule has 0 radical (unpaired) electrons. The molecule has 0 aliphatic rings. The number of ether oxygens (including phenoxy) is 1. The van der Waals surface area contributed by atoms with E-state index in [9.17, 15) is 4.39 Å². The number of hydrogen-bond donors (Lipinski definition) is 1. The van der Waals surface area contributed by atoms with E-state index in [4.69, 9.17) is 4.74 Å². The van der Waals surface area contributed by atoms with Crippen molar-refractivity contribution in [2.75, 3.05) is 13.2 Å². The molecule has 0 aromatic heterocycles. The molecule has 1 aromatic carbocycles. The van der Waals surface area contributed by atoms with Crippen molar-refractivity contribution in [2.24, 2.45) is 5.92 Å². The van der Waals surface area contributed by atoms with Crippen LogP contribution < -0.4 is 5.32 Å². The van der Waals surface area contributed by atoms with Gasteiger partial charge in [0.25, 0.3) is 0 Å². The van der Waals surface area contributed by atoms with Gasteiger partial charge in [-0.2, -0.15) is 0 Å². The minimum absolute atomic E-state index is 0.184. The Labute approximate surface area is 117 Å². The minimum Gasteiger partial charge on any atom is -0.380 e. The molecule has 0 aliphatic carbocycles. The molecule has 0 saturated heterocycles. The van der Waals surface area contributed by atoms with E-state index in [1.165, 1.54) is 6.07 Å². The zero-order chi connectivity index (χ0) is 13.5. The van der Waals surface area contributed by atoms with E-state index in [2.05, 4.69) is 35.1 Å². The van der Waals surface area contributed by atoms with Crippen LogP contribution in [0.1, 0.15) is 26.3 Å². The van der Waals surface area contributed by atoms with E-state index in [1.54, 1.807) is 6.07 Å². The van der Waals surface area contributed by atoms with Crippen LogP contribution in [0.25, 0.3) is 0 Å². The number of hydrogen-bond acceptors (Lipinski definition) is 2. The first-order valence-corrected chi connectivity index (χ1v) is 7.09. The van der Waals surface area contributed by atoms with Crippen molar-refractivity contribution < 1.29 is 9.13 Å². The van der Waals surface area contributed by atoms with Crippen molar-refractivity contribution in [3.05, 3.63) is 34.1 Å². The lowest BCUT2D eigenvalue weighted by Gasteiger charge is -2.22. The van der Waals surface area contributed by atoms with Gasteiger partial charge in [0, 0.05) is 29.2 Å². The van der Waals surface area contributed by atoms with Gasteiger partial charge in [-0.25, -0.2) is 4.39 Å². The number of rotatable bonds is 7. The largest absolute Gasteiger partial charge is 0.380 e. The summed E-state index contributed by atoms with van der Waals surface area (Å²) < 4.78 is 19.8. The molecule has 0 fully saturated rings. The molecule has 0 aliphatic heterocycles. The second-order valence-electron chi connectivity index (χ2n) is 4.63. The zero-order valence-electron chi connectivity index (χ0n) is 11.2. The highest BCUT2D eigenvalue weighted by atomic mass is 79.9. The molecular formula is C14H21BrFNO. The lowest BCUT2D eigenvalue weighted by Crippen LogP contribution is -2.37. The Kier molecular flexibility index (Phi) is 6.82. The normalized spacial score (nSPS) is 13.0. The summed E-state index contributed by atoms with van der Waals surface area (Å²) in [6.07, 6.45) is 0. The molecule has 102 valence electrons. The molecular weight excluding hydrogens is 297 g/mol. The zero-order valence-corrected chi connectivity index (χ0v) is 12.8. The highest BCUT2D eigenvalue weighted by molar-refractivity contribution is 9.10. The predicted molar refractivity (Wildman–Crippen MR) is 76.1 cm³/mol. The maximum absolute atomic E-state index is 13.7. The van der Waals surface area contributed by atoms with Gasteiger partial charge >= 0.3 is 0 Å². The molecule has 0 amide bonds. The maximum atomic E-state index is 13.7. The topological polar surface area (TPSA) is 21.3 Å². The van der Waals surface area contributed by atoms with Crippen molar-refractivity contribution in [3.63, 3.8) is 0 Å². The lowest BCUT2D eigenvalue weighted by atomic mass is 10.0. The standard InChI is InChI=1S/C14H21BrFNO/c1-4-18-9-14(10(2)3)17-8-11-5-6-12(15)7-13(11)16/h5-7,10,14,17H,4,8-9H2,1-3H3. The molecule has 1 N–H and O–H groups in total. The second kappa shape index (κ2) is 7.87. The molecule has 2 nitrogen and oxygen atoms in total. The van der Waals surface area contributed by atoms with Gasteiger partial charge in [-0.15, -0.1) is 0 Å². The molecule has 0 bridgehead atoms. The molecule has 0 heterocycles. The average molecular weight is 318 g/mol. The second-order valence-corrected chi connectivity index (χ2v) is 5.54. The van der Waals surface area contributed by atoms with Gasteiger partial charge in [-0.1, -0.05) is 35.8 Å². The van der Waals surface area contributed by atoms with Crippen LogP contribution in [-0.4, -0.2) is 19.3 Å². The summed E-state index contributed by atoms with van der Waals surface area (Å²) in [4.78, 5) is 0. The lowest BCUT2D eigenvalue weighted by molar-refractivity contribution is 0.107. The van der Waals surface area contributed by atoms with Gasteiger partial charge in [0.05, 0.1) is 6.61 Å². The molecule has 1 aromatic rings. The molecule has 0 spiro atoms. The van der Waals surface area contributed by atoms with Crippen LogP contribution in [0.2, 0.25) is 0 Å². The van der Waals surface area contributed by atoms with Gasteiger partial charge in [0.15, 0.2) is 0 Å². The maximum Gasteiger partial charge on any atom is 0.128 e. The molecule has 1 atom stereocenters. The van der Waals surface area contributed by atoms with Crippen LogP contribution in [0.5, 0.6) is 0 Å². The molecule has 0 saturated carbocycles. The molecule has 4 heteroatoms. The van der Waals surface area contributed by atoms with Gasteiger partial charge in [-0.05, 0) is 25.0 Å². The Morgan fingerprint density at radius 1 is 1.39 bits per heavy atom. The van der Waals surface area contributed by atoms with Crippen molar-refractivity contribution in [2.45, 2.75) is 33.4 Å². The Bertz CT molecular complexity index is 371. The van der Waals surface area contributed by atoms with E-state index in [1.807, 2.05) is 13.0 Å². The summed E-state index contributed by atoms with van der Waals surface area (Å²) in [7, 11) is 0. The highest BCUT2D eigenvalue weighted by Gasteiger charge is 2.13. The average Bonchev–Trinajstić information content (AvgIpc) is 2.31. The Morgan fingerprint density at radius 3 is 2.67 bits per heavy atom. The van der Waals surface area contributed by atoms with Crippen LogP contribution in [0.3, 0.4) is 0 Å². The third-order valence-corrected chi connectivity index (χ3v) is 3.37. The summed E-state index contributed by atoms with van der Waals surface area (Å²) in [5.74, 6) is 0.269. The van der Waals surface area contributed by atoms with E-state index in [0.29, 0.717) is 31.2 Å². The SMILES string of the molecule is CCOCC(NCc1ccc(Br)cc1F)C(C)C. The summed E-state index contributed by atoms with van der Waals surface area (Å²) in [5, 5.41) is 3.35. The van der Waals surface area contributed by atoms with E-state index in [-0.39, 0.29) is 11.9 Å². The third kappa shape index (κ3) is 5.04. The fourth-order valence-corrected chi connectivity index (χ4v) is 1.97. The summed E-state index contributed by atoms with van der Waals surface area (Å²) in [6, 6.07) is 5.38. The van der Waals surface area contributed by atoms with Crippen LogP contribution in [-0.2, 0) is 11.3 Å². The molecule has 1 rings (SSSR count). The Hall–Kier alpha value is -0.450. The predicted octanol–water partition coefficient (Wildman–Crippen LogP) is 3.74. The minimum atomic E-state index is -0.184. The molecule has 18 heavy (non-hydrogen) atoms. The molecule has 1 unspecified atom stereocenters. The number of nitrogens with one attached hydrogen (secondary N) is 1. The first kappa shape index (κ1) is 15.6. The quantitative estimate of drug-likeness (QED) is 0.827. The van der Waals surface area contributed by atoms with Crippen LogP contribution >= 0.6 is 15.9 Å². The van der Waals surface area contributed by atoms with Crippen LogP contribution in [0.15, 0.2) is 22.7 Å². The van der Waals surface area contributed by atoms with Crippen molar-refractivity contribution in [3.8, 4) is 0 Å². The summed E-state index contributed by atoms with van der Waals surface area (Å²) >= 11 is 3.25. The number of halogens is 2. The fourth-order valence-electron chi connectivity index (χ4n) is 1.64. The summed E-state index contributed by atoms with van der Waals surface area (Å²) in [5.41, 5.74) is 0.681. The third-order valence-electron chi connectivity index (χ3n) is 2.88. The monoisotopic (exact) mass is 317 g/mol. The van der Waals surface area contributed by atoms with Crippen molar-refractivity contribution in [1.82, 2.24) is 5.32 Å². The van der Waals surface area contributed by atoms with E-state index in [0.717, 1.165) is 4.47 Å². The van der Waals surface area contributed by atoms with Gasteiger partial charge in [-0.3, -0.25) is 0 Å². The number of benzene rings is 1. The highest BCUT2D eigenvalue weighted by Crippen LogP contribution is 2.15.